The Labute approximate surface area is 42.6 Å². The maximum Gasteiger partial charge on any atom is 0.341 e. The Hall–Kier alpha value is -0.505. The zero-order valence-corrected chi connectivity index (χ0v) is 3.76. The summed E-state index contributed by atoms with van der Waals surface area (Å²) in [5.41, 5.74) is 0. The van der Waals surface area contributed by atoms with Gasteiger partial charge in [-0.15, -0.1) is 0 Å². The molecule has 0 amide bonds. The molecule has 0 saturated carbocycles. The zero-order chi connectivity index (χ0) is 5.70. The van der Waals surface area contributed by atoms with Gasteiger partial charge < -0.3 is 4.89 Å². The van der Waals surface area contributed by atoms with Crippen molar-refractivity contribution in [2.24, 2.45) is 0 Å². The highest BCUT2D eigenvalue weighted by molar-refractivity contribution is 6.09. The number of hydrogen-bond donors (Lipinski definition) is 1. The standard InChI is InChI=1S/C3H5BO3/c4-2-1-3(5)7-6/h6H,1-2H2. The summed E-state index contributed by atoms with van der Waals surface area (Å²) in [5, 5.41) is 7.56. The molecular formula is C3H5BO3. The zero-order valence-electron chi connectivity index (χ0n) is 3.76. The van der Waals surface area contributed by atoms with E-state index in [0.717, 1.165) is 0 Å². The van der Waals surface area contributed by atoms with E-state index in [1.54, 1.807) is 0 Å². The second-order valence-corrected chi connectivity index (χ2v) is 1.00. The van der Waals surface area contributed by atoms with Gasteiger partial charge in [0, 0.05) is 6.42 Å². The minimum Gasteiger partial charge on any atom is -0.301 e. The van der Waals surface area contributed by atoms with Gasteiger partial charge in [-0.25, -0.2) is 4.79 Å². The first-order valence-corrected chi connectivity index (χ1v) is 1.85. The average Bonchev–Trinajstić information content (AvgIpc) is 1.68. The van der Waals surface area contributed by atoms with Crippen LogP contribution < -0.4 is 0 Å². The Bertz CT molecular complexity index is 63.2. The molecule has 0 aliphatic heterocycles. The summed E-state index contributed by atoms with van der Waals surface area (Å²) in [6.07, 6.45) is 0.274. The highest BCUT2D eigenvalue weighted by Crippen LogP contribution is 1.85. The van der Waals surface area contributed by atoms with Crippen molar-refractivity contribution in [1.29, 1.82) is 0 Å². The molecule has 2 radical (unpaired) electrons. The van der Waals surface area contributed by atoms with Crippen LogP contribution in [-0.2, 0) is 9.68 Å². The van der Waals surface area contributed by atoms with Gasteiger partial charge in [0.25, 0.3) is 0 Å². The highest BCUT2D eigenvalue weighted by atomic mass is 17.1. The van der Waals surface area contributed by atoms with Crippen LogP contribution in [0.5, 0.6) is 0 Å². The molecule has 38 valence electrons. The van der Waals surface area contributed by atoms with Crippen LogP contribution in [0, 0.1) is 0 Å². The summed E-state index contributed by atoms with van der Waals surface area (Å²) >= 11 is 0. The maximum atomic E-state index is 9.86. The lowest BCUT2D eigenvalue weighted by Crippen LogP contribution is -1.98. The van der Waals surface area contributed by atoms with E-state index in [1.807, 2.05) is 0 Å². The summed E-state index contributed by atoms with van der Waals surface area (Å²) < 4.78 is 0. The van der Waals surface area contributed by atoms with Crippen LogP contribution >= 0.6 is 0 Å². The van der Waals surface area contributed by atoms with Gasteiger partial charge in [0.05, 0.1) is 7.85 Å². The number of carbonyl (C=O) groups excluding carboxylic acids is 1. The lowest BCUT2D eigenvalue weighted by molar-refractivity contribution is -0.233. The van der Waals surface area contributed by atoms with Gasteiger partial charge in [-0.3, -0.25) is 0 Å². The van der Waals surface area contributed by atoms with Crippen molar-refractivity contribution in [2.45, 2.75) is 12.7 Å². The normalized spacial score (nSPS) is 8.14. The molecule has 0 rings (SSSR count). The van der Waals surface area contributed by atoms with Crippen LogP contribution in [0.1, 0.15) is 6.42 Å². The Balaban J connectivity index is 3.00. The molecule has 0 unspecified atom stereocenters. The first-order valence-electron chi connectivity index (χ1n) is 1.85. The molecule has 0 aromatic heterocycles. The molecule has 0 spiro atoms. The molecule has 7 heavy (non-hydrogen) atoms. The fraction of sp³-hybridized carbons (Fsp3) is 0.667. The lowest BCUT2D eigenvalue weighted by Gasteiger charge is -1.87. The summed E-state index contributed by atoms with van der Waals surface area (Å²) in [4.78, 5) is 13.1. The van der Waals surface area contributed by atoms with E-state index in [2.05, 4.69) is 4.89 Å². The van der Waals surface area contributed by atoms with Crippen LogP contribution in [0.3, 0.4) is 0 Å². The van der Waals surface area contributed by atoms with E-state index in [1.165, 1.54) is 0 Å². The second kappa shape index (κ2) is 3.68. The first kappa shape index (κ1) is 6.49. The van der Waals surface area contributed by atoms with Crippen molar-refractivity contribution in [3.05, 3.63) is 0 Å². The Morgan fingerprint density at radius 1 is 1.86 bits per heavy atom. The van der Waals surface area contributed by atoms with Gasteiger partial charge in [-0.05, 0) is 0 Å². The van der Waals surface area contributed by atoms with Crippen molar-refractivity contribution in [1.82, 2.24) is 0 Å². The van der Waals surface area contributed by atoms with Crippen molar-refractivity contribution in [3.63, 3.8) is 0 Å². The minimum absolute atomic E-state index is 0.0660. The molecule has 0 aliphatic carbocycles. The van der Waals surface area contributed by atoms with Crippen LogP contribution in [-0.4, -0.2) is 19.1 Å². The molecule has 0 fully saturated rings. The molecule has 0 heterocycles. The van der Waals surface area contributed by atoms with Gasteiger partial charge in [-0.2, -0.15) is 5.26 Å². The van der Waals surface area contributed by atoms with E-state index in [4.69, 9.17) is 13.1 Å². The molecule has 0 atom stereocenters. The molecule has 0 aromatic carbocycles. The van der Waals surface area contributed by atoms with Gasteiger partial charge in [-0.1, -0.05) is 6.32 Å². The fourth-order valence-corrected chi connectivity index (χ4v) is 0.163. The highest BCUT2D eigenvalue weighted by Gasteiger charge is 1.95. The third-order valence-corrected chi connectivity index (χ3v) is 0.450. The monoisotopic (exact) mass is 100 g/mol. The number of rotatable bonds is 2. The minimum atomic E-state index is -0.692. The molecule has 0 saturated heterocycles. The van der Waals surface area contributed by atoms with E-state index >= 15 is 0 Å². The SMILES string of the molecule is [B]CCC(=O)OO. The van der Waals surface area contributed by atoms with Crippen molar-refractivity contribution < 1.29 is 14.9 Å². The summed E-state index contributed by atoms with van der Waals surface area (Å²) in [6, 6.07) is 0. The van der Waals surface area contributed by atoms with Crippen LogP contribution in [0.4, 0.5) is 0 Å². The van der Waals surface area contributed by atoms with E-state index < -0.39 is 5.97 Å². The Morgan fingerprint density at radius 3 is 2.57 bits per heavy atom. The predicted octanol–water partition coefficient (Wildman–Crippen LogP) is -0.0205. The van der Waals surface area contributed by atoms with Gasteiger partial charge in [0.2, 0.25) is 0 Å². The van der Waals surface area contributed by atoms with Crippen LogP contribution in [0.25, 0.3) is 0 Å². The number of carbonyl (C=O) groups is 1. The molecule has 4 heteroatoms. The molecule has 3 nitrogen and oxygen atoms in total. The summed E-state index contributed by atoms with van der Waals surface area (Å²) in [6.45, 7) is 0. The smallest absolute Gasteiger partial charge is 0.301 e. The summed E-state index contributed by atoms with van der Waals surface area (Å²) in [7, 11) is 4.89. The predicted molar refractivity (Wildman–Crippen MR) is 23.9 cm³/mol. The molecule has 1 N–H and O–H groups in total. The van der Waals surface area contributed by atoms with Crippen molar-refractivity contribution >= 4 is 13.8 Å². The van der Waals surface area contributed by atoms with Gasteiger partial charge >= 0.3 is 5.97 Å². The van der Waals surface area contributed by atoms with Gasteiger partial charge in [0.15, 0.2) is 0 Å². The molecule has 0 aromatic rings. The first-order chi connectivity index (χ1) is 3.31. The van der Waals surface area contributed by atoms with Crippen LogP contribution in [0.2, 0.25) is 6.32 Å². The third kappa shape index (κ3) is 3.32. The Kier molecular flexibility index (Phi) is 3.41. The average molecular weight is 99.9 g/mol. The van der Waals surface area contributed by atoms with E-state index in [9.17, 15) is 4.79 Å². The van der Waals surface area contributed by atoms with Crippen molar-refractivity contribution in [3.8, 4) is 0 Å². The number of hydrogen-bond acceptors (Lipinski definition) is 3. The third-order valence-electron chi connectivity index (χ3n) is 0.450. The van der Waals surface area contributed by atoms with E-state index in [0.29, 0.717) is 0 Å². The largest absolute Gasteiger partial charge is 0.341 e. The molecule has 0 aliphatic rings. The van der Waals surface area contributed by atoms with Crippen molar-refractivity contribution in [2.75, 3.05) is 0 Å². The maximum absolute atomic E-state index is 9.86. The summed E-state index contributed by atoms with van der Waals surface area (Å²) in [5.74, 6) is -0.692. The topological polar surface area (TPSA) is 46.5 Å². The Morgan fingerprint density at radius 2 is 2.43 bits per heavy atom. The fourth-order valence-electron chi connectivity index (χ4n) is 0.163. The van der Waals surface area contributed by atoms with Crippen LogP contribution in [0.15, 0.2) is 0 Å². The lowest BCUT2D eigenvalue weighted by atomic mass is 10.0. The molecular weight excluding hydrogens is 94.8 g/mol. The van der Waals surface area contributed by atoms with Gasteiger partial charge in [0.1, 0.15) is 0 Å². The molecule has 0 bridgehead atoms. The second-order valence-electron chi connectivity index (χ2n) is 1.00. The quantitative estimate of drug-likeness (QED) is 0.301. The van der Waals surface area contributed by atoms with E-state index in [-0.39, 0.29) is 12.7 Å².